The highest BCUT2D eigenvalue weighted by Crippen LogP contribution is 2.19. The van der Waals surface area contributed by atoms with Crippen molar-refractivity contribution < 1.29 is 23.5 Å². The Balaban J connectivity index is 1.72. The lowest BCUT2D eigenvalue weighted by atomic mass is 9.97. The van der Waals surface area contributed by atoms with Gasteiger partial charge in [-0.05, 0) is 45.7 Å². The molecule has 2 N–H and O–H groups in total. The van der Waals surface area contributed by atoms with E-state index >= 15 is 0 Å². The Morgan fingerprint density at radius 2 is 2.00 bits per heavy atom. The van der Waals surface area contributed by atoms with E-state index in [1.54, 1.807) is 37.8 Å². The fourth-order valence-corrected chi connectivity index (χ4v) is 2.74. The zero-order chi connectivity index (χ0) is 19.2. The first-order valence-corrected chi connectivity index (χ1v) is 8.83. The molecule has 1 aliphatic heterocycles. The van der Waals surface area contributed by atoms with Gasteiger partial charge in [0.1, 0.15) is 5.60 Å². The van der Waals surface area contributed by atoms with Gasteiger partial charge < -0.3 is 24.7 Å². The van der Waals surface area contributed by atoms with Gasteiger partial charge in [0.15, 0.2) is 5.76 Å². The minimum Gasteiger partial charge on any atom is -0.459 e. The highest BCUT2D eigenvalue weighted by Gasteiger charge is 2.29. The van der Waals surface area contributed by atoms with Gasteiger partial charge in [-0.25, -0.2) is 4.79 Å². The summed E-state index contributed by atoms with van der Waals surface area (Å²) in [7, 11) is 0. The zero-order valence-corrected chi connectivity index (χ0v) is 15.5. The lowest BCUT2D eigenvalue weighted by Gasteiger charge is -2.31. The number of ether oxygens (including phenoxy) is 1. The number of nitrogens with zero attached hydrogens (tertiary/aromatic N) is 1. The Hall–Kier alpha value is -2.51. The Kier molecular flexibility index (Phi) is 6.65. The van der Waals surface area contributed by atoms with E-state index in [2.05, 4.69) is 10.6 Å². The maximum absolute atomic E-state index is 12.3. The third kappa shape index (κ3) is 6.09. The summed E-state index contributed by atoms with van der Waals surface area (Å²) >= 11 is 0. The first-order valence-electron chi connectivity index (χ1n) is 8.83. The Morgan fingerprint density at radius 3 is 2.65 bits per heavy atom. The van der Waals surface area contributed by atoms with Crippen LogP contribution < -0.4 is 10.6 Å². The lowest BCUT2D eigenvalue weighted by molar-refractivity contribution is -0.126. The van der Waals surface area contributed by atoms with E-state index in [1.165, 1.54) is 6.26 Å². The predicted molar refractivity (Wildman–Crippen MR) is 94.6 cm³/mol. The number of carbonyl (C=O) groups is 3. The minimum atomic E-state index is -0.556. The molecule has 1 fully saturated rings. The van der Waals surface area contributed by atoms with E-state index in [0.29, 0.717) is 19.6 Å². The monoisotopic (exact) mass is 365 g/mol. The molecule has 2 heterocycles. The second-order valence-corrected chi connectivity index (χ2v) is 7.29. The van der Waals surface area contributed by atoms with Gasteiger partial charge in [0.2, 0.25) is 5.91 Å². The van der Waals surface area contributed by atoms with Crippen molar-refractivity contribution in [3.8, 4) is 0 Å². The van der Waals surface area contributed by atoms with Crippen molar-refractivity contribution in [2.24, 2.45) is 5.92 Å². The first-order chi connectivity index (χ1) is 12.3. The van der Waals surface area contributed by atoms with Crippen molar-refractivity contribution in [3.05, 3.63) is 24.2 Å². The van der Waals surface area contributed by atoms with Crippen LogP contribution in [0, 0.1) is 5.92 Å². The molecule has 1 aromatic rings. The van der Waals surface area contributed by atoms with Crippen molar-refractivity contribution in [2.45, 2.75) is 39.2 Å². The summed E-state index contributed by atoms with van der Waals surface area (Å²) in [5.41, 5.74) is -0.556. The Labute approximate surface area is 153 Å². The molecule has 3 amide bonds. The topological polar surface area (TPSA) is 101 Å². The molecule has 0 saturated carbocycles. The first kappa shape index (κ1) is 19.8. The number of amides is 3. The second kappa shape index (κ2) is 8.73. The summed E-state index contributed by atoms with van der Waals surface area (Å²) in [4.78, 5) is 37.8. The molecule has 0 bridgehead atoms. The van der Waals surface area contributed by atoms with E-state index < -0.39 is 11.7 Å². The van der Waals surface area contributed by atoms with Crippen molar-refractivity contribution in [3.63, 3.8) is 0 Å². The maximum atomic E-state index is 12.3. The molecule has 2 rings (SSSR count). The van der Waals surface area contributed by atoms with Crippen molar-refractivity contribution in [1.29, 1.82) is 0 Å². The quantitative estimate of drug-likeness (QED) is 0.775. The van der Waals surface area contributed by atoms with Crippen LogP contribution in [0.15, 0.2) is 22.8 Å². The average molecular weight is 365 g/mol. The molecule has 26 heavy (non-hydrogen) atoms. The molecule has 0 aliphatic carbocycles. The third-order valence-electron chi connectivity index (χ3n) is 3.90. The molecule has 8 nitrogen and oxygen atoms in total. The summed E-state index contributed by atoms with van der Waals surface area (Å²) in [6.45, 7) is 6.92. The molecule has 144 valence electrons. The minimum absolute atomic E-state index is 0.118. The smallest absolute Gasteiger partial charge is 0.407 e. The number of hydrogen-bond donors (Lipinski definition) is 2. The maximum Gasteiger partial charge on any atom is 0.407 e. The van der Waals surface area contributed by atoms with E-state index in [-0.39, 0.29) is 30.0 Å². The van der Waals surface area contributed by atoms with Gasteiger partial charge in [0.05, 0.1) is 12.2 Å². The predicted octanol–water partition coefficient (Wildman–Crippen LogP) is 1.77. The van der Waals surface area contributed by atoms with Crippen molar-refractivity contribution in [2.75, 3.05) is 26.2 Å². The molecular formula is C18H27N3O5. The zero-order valence-electron chi connectivity index (χ0n) is 15.5. The molecular weight excluding hydrogens is 338 g/mol. The molecule has 1 aromatic heterocycles. The van der Waals surface area contributed by atoms with Crippen molar-refractivity contribution in [1.82, 2.24) is 15.5 Å². The van der Waals surface area contributed by atoms with Crippen LogP contribution in [0.4, 0.5) is 4.79 Å². The summed E-state index contributed by atoms with van der Waals surface area (Å²) in [5, 5.41) is 5.38. The summed E-state index contributed by atoms with van der Waals surface area (Å²) in [6, 6.07) is 3.29. The van der Waals surface area contributed by atoms with Gasteiger partial charge in [-0.3, -0.25) is 9.59 Å². The van der Waals surface area contributed by atoms with E-state index in [4.69, 9.17) is 9.15 Å². The molecule has 1 unspecified atom stereocenters. The van der Waals surface area contributed by atoms with Crippen LogP contribution >= 0.6 is 0 Å². The van der Waals surface area contributed by atoms with Gasteiger partial charge in [0.25, 0.3) is 5.91 Å². The van der Waals surface area contributed by atoms with E-state index in [9.17, 15) is 14.4 Å². The molecule has 1 saturated heterocycles. The summed E-state index contributed by atoms with van der Waals surface area (Å²) in [5.74, 6) is -0.288. The number of piperidine rings is 1. The second-order valence-electron chi connectivity index (χ2n) is 7.29. The largest absolute Gasteiger partial charge is 0.459 e. The number of hydrogen-bond acceptors (Lipinski definition) is 5. The Morgan fingerprint density at radius 1 is 1.27 bits per heavy atom. The molecule has 0 spiro atoms. The number of rotatable bonds is 5. The number of furan rings is 1. The van der Waals surface area contributed by atoms with Gasteiger partial charge >= 0.3 is 6.09 Å². The van der Waals surface area contributed by atoms with Gasteiger partial charge in [-0.2, -0.15) is 0 Å². The number of alkyl carbamates (subject to hydrolysis) is 1. The molecule has 0 aromatic carbocycles. The SMILES string of the molecule is CC(C)(C)OC(=O)NCCNC(=O)C1CCCN(C(=O)c2ccco2)C1. The van der Waals surface area contributed by atoms with Gasteiger partial charge in [-0.15, -0.1) is 0 Å². The van der Waals surface area contributed by atoms with Gasteiger partial charge in [0, 0.05) is 26.2 Å². The fourth-order valence-electron chi connectivity index (χ4n) is 2.74. The van der Waals surface area contributed by atoms with E-state index in [0.717, 1.165) is 12.8 Å². The van der Waals surface area contributed by atoms with Gasteiger partial charge in [-0.1, -0.05) is 0 Å². The number of carbonyl (C=O) groups excluding carboxylic acids is 3. The van der Waals surface area contributed by atoms with Crippen LogP contribution in [0.5, 0.6) is 0 Å². The van der Waals surface area contributed by atoms with Crippen LogP contribution in [0.2, 0.25) is 0 Å². The third-order valence-corrected chi connectivity index (χ3v) is 3.90. The Bertz CT molecular complexity index is 621. The standard InChI is InChI=1S/C18H27N3O5/c1-18(2,3)26-17(24)20-9-8-19-15(22)13-6-4-10-21(12-13)16(23)14-7-5-11-25-14/h5,7,11,13H,4,6,8-10,12H2,1-3H3,(H,19,22)(H,20,24). The van der Waals surface area contributed by atoms with Crippen LogP contribution in [-0.4, -0.2) is 54.6 Å². The average Bonchev–Trinajstić information content (AvgIpc) is 3.11. The van der Waals surface area contributed by atoms with Crippen LogP contribution in [0.3, 0.4) is 0 Å². The summed E-state index contributed by atoms with van der Waals surface area (Å²) in [6.07, 6.45) is 2.44. The normalized spacial score (nSPS) is 17.5. The fraction of sp³-hybridized carbons (Fsp3) is 0.611. The highest BCUT2D eigenvalue weighted by molar-refractivity contribution is 5.92. The van der Waals surface area contributed by atoms with Crippen LogP contribution in [0.1, 0.15) is 44.2 Å². The molecule has 8 heteroatoms. The van der Waals surface area contributed by atoms with E-state index in [1.807, 2.05) is 0 Å². The molecule has 1 atom stereocenters. The highest BCUT2D eigenvalue weighted by atomic mass is 16.6. The summed E-state index contributed by atoms with van der Waals surface area (Å²) < 4.78 is 10.3. The molecule has 0 radical (unpaired) electrons. The van der Waals surface area contributed by atoms with Crippen LogP contribution in [0.25, 0.3) is 0 Å². The lowest BCUT2D eigenvalue weighted by Crippen LogP contribution is -2.46. The van der Waals surface area contributed by atoms with Crippen molar-refractivity contribution >= 4 is 17.9 Å². The number of nitrogens with one attached hydrogen (secondary N) is 2. The van der Waals surface area contributed by atoms with Crippen LogP contribution in [-0.2, 0) is 9.53 Å². The molecule has 1 aliphatic rings. The number of likely N-dealkylation sites (tertiary alicyclic amines) is 1.